The molecule has 0 atom stereocenters. The van der Waals surface area contributed by atoms with Gasteiger partial charge in [0.05, 0.1) is 6.20 Å². The van der Waals surface area contributed by atoms with Crippen LogP contribution in [-0.2, 0) is 7.05 Å². The van der Waals surface area contributed by atoms with Gasteiger partial charge in [0.15, 0.2) is 0 Å². The molecular formula is C11H11BrN2. The molecule has 14 heavy (non-hydrogen) atoms. The van der Waals surface area contributed by atoms with Crippen LogP contribution in [0.15, 0.2) is 34.9 Å². The normalized spacial score (nSPS) is 10.5. The summed E-state index contributed by atoms with van der Waals surface area (Å²) in [5, 5.41) is 4.22. The summed E-state index contributed by atoms with van der Waals surface area (Å²) in [5.41, 5.74) is 3.59. The van der Waals surface area contributed by atoms with Gasteiger partial charge in [-0.15, -0.1) is 0 Å². The fraction of sp³-hybridized carbons (Fsp3) is 0.182. The molecule has 2 rings (SSSR count). The number of nitrogens with zero attached hydrogens (tertiary/aromatic N) is 2. The Kier molecular flexibility index (Phi) is 2.42. The lowest BCUT2D eigenvalue weighted by Crippen LogP contribution is -1.92. The van der Waals surface area contributed by atoms with Crippen LogP contribution in [0.5, 0.6) is 0 Å². The molecule has 0 fully saturated rings. The summed E-state index contributed by atoms with van der Waals surface area (Å²) in [7, 11) is 1.96. The third kappa shape index (κ3) is 1.60. The van der Waals surface area contributed by atoms with Crippen molar-refractivity contribution in [2.75, 3.05) is 0 Å². The van der Waals surface area contributed by atoms with Crippen LogP contribution in [0.4, 0.5) is 0 Å². The second-order valence-corrected chi connectivity index (χ2v) is 4.19. The van der Waals surface area contributed by atoms with Gasteiger partial charge >= 0.3 is 0 Å². The number of benzene rings is 1. The van der Waals surface area contributed by atoms with E-state index in [0.717, 1.165) is 4.47 Å². The van der Waals surface area contributed by atoms with E-state index in [0.29, 0.717) is 0 Å². The highest BCUT2D eigenvalue weighted by atomic mass is 79.9. The number of hydrogen-bond acceptors (Lipinski definition) is 1. The van der Waals surface area contributed by atoms with Crippen molar-refractivity contribution in [1.29, 1.82) is 0 Å². The van der Waals surface area contributed by atoms with Crippen molar-refractivity contribution in [2.45, 2.75) is 6.92 Å². The molecule has 0 radical (unpaired) electrons. The van der Waals surface area contributed by atoms with Crippen molar-refractivity contribution >= 4 is 15.9 Å². The highest BCUT2D eigenvalue weighted by Gasteiger charge is 2.05. The lowest BCUT2D eigenvalue weighted by Gasteiger charge is -2.00. The van der Waals surface area contributed by atoms with Crippen molar-refractivity contribution < 1.29 is 0 Å². The Labute approximate surface area is 91.7 Å². The Balaban J connectivity index is 2.49. The van der Waals surface area contributed by atoms with Gasteiger partial charge in [0.1, 0.15) is 0 Å². The Bertz CT molecular complexity index is 443. The SMILES string of the molecule is Cc1c(-c2ccc(Br)cc2)cnn1C. The summed E-state index contributed by atoms with van der Waals surface area (Å²) >= 11 is 3.42. The first-order chi connectivity index (χ1) is 6.68. The second-order valence-electron chi connectivity index (χ2n) is 3.27. The number of hydrogen-bond donors (Lipinski definition) is 0. The Morgan fingerprint density at radius 1 is 1.21 bits per heavy atom. The molecule has 1 heterocycles. The maximum absolute atomic E-state index is 4.22. The molecule has 0 saturated carbocycles. The fourth-order valence-electron chi connectivity index (χ4n) is 1.41. The number of aromatic nitrogens is 2. The summed E-state index contributed by atoms with van der Waals surface area (Å²) in [5.74, 6) is 0. The Morgan fingerprint density at radius 3 is 2.36 bits per heavy atom. The number of halogens is 1. The molecule has 0 amide bonds. The minimum atomic E-state index is 1.10. The zero-order valence-corrected chi connectivity index (χ0v) is 9.75. The zero-order valence-electron chi connectivity index (χ0n) is 8.16. The van der Waals surface area contributed by atoms with Gasteiger partial charge in [-0.05, 0) is 24.6 Å². The summed E-state index contributed by atoms with van der Waals surface area (Å²) < 4.78 is 2.99. The van der Waals surface area contributed by atoms with Gasteiger partial charge in [-0.2, -0.15) is 5.10 Å². The molecule has 1 aromatic carbocycles. The van der Waals surface area contributed by atoms with Crippen LogP contribution >= 0.6 is 15.9 Å². The molecule has 0 aliphatic carbocycles. The van der Waals surface area contributed by atoms with Crippen LogP contribution in [0.2, 0.25) is 0 Å². The molecule has 0 saturated heterocycles. The van der Waals surface area contributed by atoms with E-state index in [1.807, 2.05) is 30.1 Å². The van der Waals surface area contributed by atoms with Gasteiger partial charge in [0.2, 0.25) is 0 Å². The van der Waals surface area contributed by atoms with Crippen molar-refractivity contribution in [3.63, 3.8) is 0 Å². The van der Waals surface area contributed by atoms with Crippen molar-refractivity contribution in [2.24, 2.45) is 7.05 Å². The smallest absolute Gasteiger partial charge is 0.0571 e. The molecule has 0 spiro atoms. The van der Waals surface area contributed by atoms with Gasteiger partial charge < -0.3 is 0 Å². The molecule has 2 aromatic rings. The van der Waals surface area contributed by atoms with Crippen LogP contribution in [-0.4, -0.2) is 9.78 Å². The summed E-state index contributed by atoms with van der Waals surface area (Å²) in [4.78, 5) is 0. The largest absolute Gasteiger partial charge is 0.272 e. The Hall–Kier alpha value is -1.09. The first kappa shape index (κ1) is 9.46. The lowest BCUT2D eigenvalue weighted by molar-refractivity contribution is 0.740. The minimum Gasteiger partial charge on any atom is -0.272 e. The summed E-state index contributed by atoms with van der Waals surface area (Å²) in [6, 6.07) is 8.27. The molecule has 72 valence electrons. The fourth-order valence-corrected chi connectivity index (χ4v) is 1.68. The number of aryl methyl sites for hydroxylation is 1. The predicted octanol–water partition coefficient (Wildman–Crippen LogP) is 3.16. The highest BCUT2D eigenvalue weighted by Crippen LogP contribution is 2.23. The third-order valence-corrected chi connectivity index (χ3v) is 2.92. The standard InChI is InChI=1S/C11H11BrN2/c1-8-11(7-13-14(8)2)9-3-5-10(12)6-4-9/h3-7H,1-2H3. The van der Waals surface area contributed by atoms with E-state index in [1.54, 1.807) is 0 Å². The van der Waals surface area contributed by atoms with Gasteiger partial charge in [0.25, 0.3) is 0 Å². The number of rotatable bonds is 1. The topological polar surface area (TPSA) is 17.8 Å². The lowest BCUT2D eigenvalue weighted by atomic mass is 10.1. The molecule has 0 N–H and O–H groups in total. The minimum absolute atomic E-state index is 1.10. The first-order valence-electron chi connectivity index (χ1n) is 4.43. The third-order valence-electron chi connectivity index (χ3n) is 2.39. The van der Waals surface area contributed by atoms with E-state index in [9.17, 15) is 0 Å². The zero-order chi connectivity index (χ0) is 10.1. The quantitative estimate of drug-likeness (QED) is 0.761. The van der Waals surface area contributed by atoms with E-state index in [1.165, 1.54) is 16.8 Å². The average Bonchev–Trinajstić information content (AvgIpc) is 2.50. The van der Waals surface area contributed by atoms with Gasteiger partial charge in [-0.25, -0.2) is 0 Å². The van der Waals surface area contributed by atoms with Gasteiger partial charge in [0, 0.05) is 22.8 Å². The molecular weight excluding hydrogens is 240 g/mol. The van der Waals surface area contributed by atoms with Crippen LogP contribution in [0, 0.1) is 6.92 Å². The van der Waals surface area contributed by atoms with Gasteiger partial charge in [-0.3, -0.25) is 4.68 Å². The average molecular weight is 251 g/mol. The van der Waals surface area contributed by atoms with Crippen molar-refractivity contribution in [3.05, 3.63) is 40.6 Å². The molecule has 2 nitrogen and oxygen atoms in total. The van der Waals surface area contributed by atoms with Crippen LogP contribution in [0.1, 0.15) is 5.69 Å². The monoisotopic (exact) mass is 250 g/mol. The highest BCUT2D eigenvalue weighted by molar-refractivity contribution is 9.10. The van der Waals surface area contributed by atoms with Crippen LogP contribution in [0.25, 0.3) is 11.1 Å². The first-order valence-corrected chi connectivity index (χ1v) is 5.22. The van der Waals surface area contributed by atoms with Crippen LogP contribution in [0.3, 0.4) is 0 Å². The maximum atomic E-state index is 4.22. The van der Waals surface area contributed by atoms with Crippen molar-refractivity contribution in [1.82, 2.24) is 9.78 Å². The van der Waals surface area contributed by atoms with E-state index in [2.05, 4.69) is 40.1 Å². The molecule has 3 heteroatoms. The van der Waals surface area contributed by atoms with Crippen LogP contribution < -0.4 is 0 Å². The van der Waals surface area contributed by atoms with E-state index in [-0.39, 0.29) is 0 Å². The molecule has 0 aliphatic heterocycles. The summed E-state index contributed by atoms with van der Waals surface area (Å²) in [6.07, 6.45) is 1.90. The van der Waals surface area contributed by atoms with E-state index in [4.69, 9.17) is 0 Å². The Morgan fingerprint density at radius 2 is 1.86 bits per heavy atom. The van der Waals surface area contributed by atoms with E-state index >= 15 is 0 Å². The summed E-state index contributed by atoms with van der Waals surface area (Å²) in [6.45, 7) is 2.07. The second kappa shape index (κ2) is 3.58. The van der Waals surface area contributed by atoms with Gasteiger partial charge in [-0.1, -0.05) is 28.1 Å². The van der Waals surface area contributed by atoms with E-state index < -0.39 is 0 Å². The molecule has 0 aliphatic rings. The predicted molar refractivity (Wildman–Crippen MR) is 61.1 cm³/mol. The molecule has 0 unspecified atom stereocenters. The molecule has 0 bridgehead atoms. The molecule has 1 aromatic heterocycles. The van der Waals surface area contributed by atoms with Crippen molar-refractivity contribution in [3.8, 4) is 11.1 Å². The maximum Gasteiger partial charge on any atom is 0.0571 e.